The summed E-state index contributed by atoms with van der Waals surface area (Å²) in [7, 11) is 0. The highest BCUT2D eigenvalue weighted by molar-refractivity contribution is 5.96. The van der Waals surface area contributed by atoms with E-state index in [0.29, 0.717) is 16.9 Å². The molecule has 3 rings (SSSR count). The van der Waals surface area contributed by atoms with Gasteiger partial charge in [0.1, 0.15) is 11.5 Å². The van der Waals surface area contributed by atoms with Crippen LogP contribution in [0.5, 0.6) is 11.5 Å². The zero-order valence-corrected chi connectivity index (χ0v) is 12.5. The third-order valence-corrected chi connectivity index (χ3v) is 3.53. The third kappa shape index (κ3) is 3.23. The molecule has 0 saturated heterocycles. The Kier molecular flexibility index (Phi) is 3.85. The van der Waals surface area contributed by atoms with Gasteiger partial charge >= 0.3 is 0 Å². The highest BCUT2D eigenvalue weighted by Gasteiger charge is 2.16. The van der Waals surface area contributed by atoms with Crippen molar-refractivity contribution in [3.63, 3.8) is 0 Å². The molecule has 0 aliphatic heterocycles. The van der Waals surface area contributed by atoms with Crippen LogP contribution in [0.2, 0.25) is 0 Å². The highest BCUT2D eigenvalue weighted by Crippen LogP contribution is 2.24. The van der Waals surface area contributed by atoms with Crippen LogP contribution in [0.25, 0.3) is 11.3 Å². The number of aromatic hydroxyl groups is 2. The average molecular weight is 309 g/mol. The summed E-state index contributed by atoms with van der Waals surface area (Å²) in [5.41, 5.74) is 2.45. The van der Waals surface area contributed by atoms with Gasteiger partial charge in [0.25, 0.3) is 0 Å². The molecule has 0 radical (unpaired) electrons. The van der Waals surface area contributed by atoms with E-state index in [0.717, 1.165) is 5.56 Å². The summed E-state index contributed by atoms with van der Waals surface area (Å²) >= 11 is 0. The van der Waals surface area contributed by atoms with E-state index >= 15 is 0 Å². The van der Waals surface area contributed by atoms with Gasteiger partial charge in [-0.2, -0.15) is 0 Å². The second-order valence-corrected chi connectivity index (χ2v) is 5.36. The second kappa shape index (κ2) is 5.96. The Bertz CT molecular complexity index is 850. The van der Waals surface area contributed by atoms with Gasteiger partial charge in [-0.3, -0.25) is 4.79 Å². The van der Waals surface area contributed by atoms with Crippen LogP contribution in [-0.4, -0.2) is 21.2 Å². The van der Waals surface area contributed by atoms with Gasteiger partial charge in [0.2, 0.25) is 0 Å². The first kappa shape index (κ1) is 14.8. The van der Waals surface area contributed by atoms with E-state index < -0.39 is 0 Å². The molecule has 1 aromatic heterocycles. The van der Waals surface area contributed by atoms with E-state index in [-0.39, 0.29) is 29.4 Å². The van der Waals surface area contributed by atoms with Crippen molar-refractivity contribution in [2.45, 2.75) is 13.3 Å². The zero-order chi connectivity index (χ0) is 16.4. The van der Waals surface area contributed by atoms with Gasteiger partial charge in [0, 0.05) is 23.6 Å². The summed E-state index contributed by atoms with van der Waals surface area (Å²) < 4.78 is 5.19. The van der Waals surface area contributed by atoms with Crippen molar-refractivity contribution in [1.29, 1.82) is 0 Å². The smallest absolute Gasteiger partial charge is 0.189 e. The number of carbonyl (C=O) groups excluding carboxylic acids is 1. The Morgan fingerprint density at radius 2 is 1.83 bits per heavy atom. The number of phenolic OH excluding ortho intramolecular Hbond substituents is 2. The maximum Gasteiger partial charge on any atom is 0.189 e. The van der Waals surface area contributed by atoms with Crippen molar-refractivity contribution in [3.8, 4) is 22.8 Å². The molecule has 2 aromatic carbocycles. The molecule has 5 heteroatoms. The predicted molar refractivity (Wildman–Crippen MR) is 84.5 cm³/mol. The molecule has 3 aromatic rings. The van der Waals surface area contributed by atoms with E-state index in [1.54, 1.807) is 36.4 Å². The number of ketones is 1. The van der Waals surface area contributed by atoms with E-state index in [9.17, 15) is 15.0 Å². The molecule has 5 nitrogen and oxygen atoms in total. The number of carbonyl (C=O) groups is 1. The minimum Gasteiger partial charge on any atom is -0.508 e. The van der Waals surface area contributed by atoms with Gasteiger partial charge in [-0.05, 0) is 37.3 Å². The molecule has 0 aliphatic carbocycles. The van der Waals surface area contributed by atoms with Gasteiger partial charge in [0.05, 0.1) is 0 Å². The largest absolute Gasteiger partial charge is 0.508 e. The van der Waals surface area contributed by atoms with Gasteiger partial charge in [-0.25, -0.2) is 0 Å². The van der Waals surface area contributed by atoms with Crippen LogP contribution < -0.4 is 0 Å². The van der Waals surface area contributed by atoms with E-state index in [2.05, 4.69) is 5.16 Å². The zero-order valence-electron chi connectivity index (χ0n) is 12.5. The van der Waals surface area contributed by atoms with Crippen molar-refractivity contribution in [2.24, 2.45) is 0 Å². The molecule has 0 saturated carbocycles. The van der Waals surface area contributed by atoms with Crippen LogP contribution in [0.3, 0.4) is 0 Å². The average Bonchev–Trinajstić information content (AvgIpc) is 3.02. The number of phenols is 2. The first-order chi connectivity index (χ1) is 11.0. The number of hydrogen-bond acceptors (Lipinski definition) is 5. The van der Waals surface area contributed by atoms with Crippen molar-refractivity contribution in [1.82, 2.24) is 5.16 Å². The highest BCUT2D eigenvalue weighted by atomic mass is 16.5. The molecule has 0 amide bonds. The fourth-order valence-electron chi connectivity index (χ4n) is 2.29. The predicted octanol–water partition coefficient (Wildman–Crippen LogP) is 3.49. The fourth-order valence-corrected chi connectivity index (χ4v) is 2.29. The summed E-state index contributed by atoms with van der Waals surface area (Å²) in [4.78, 5) is 12.3. The minimum atomic E-state index is -0.236. The lowest BCUT2D eigenvalue weighted by Gasteiger charge is -2.03. The van der Waals surface area contributed by atoms with Crippen LogP contribution in [0, 0.1) is 6.92 Å². The molecule has 1 heterocycles. The van der Waals surface area contributed by atoms with Gasteiger partial charge < -0.3 is 14.7 Å². The minimum absolute atomic E-state index is 0.0507. The topological polar surface area (TPSA) is 83.6 Å². The number of nitrogens with zero attached hydrogens (tertiary/aromatic N) is 1. The molecule has 0 atom stereocenters. The Balaban J connectivity index is 1.81. The van der Waals surface area contributed by atoms with Crippen LogP contribution in [0.15, 0.2) is 53.1 Å². The second-order valence-electron chi connectivity index (χ2n) is 5.36. The Hall–Kier alpha value is -3.08. The molecule has 2 N–H and O–H groups in total. The lowest BCUT2D eigenvalue weighted by atomic mass is 10.0. The number of Topliss-reactive ketones (excluding diaryl/α,β-unsaturated/α-hetero) is 1. The van der Waals surface area contributed by atoms with Gasteiger partial charge in [-0.1, -0.05) is 22.9 Å². The Morgan fingerprint density at radius 3 is 2.57 bits per heavy atom. The number of aryl methyl sites for hydroxylation is 1. The fraction of sp³-hybridized carbons (Fsp3) is 0.111. The Labute approximate surface area is 132 Å². The normalized spacial score (nSPS) is 10.7. The van der Waals surface area contributed by atoms with Crippen molar-refractivity contribution in [2.75, 3.05) is 0 Å². The number of hydrogen-bond donors (Lipinski definition) is 2. The Morgan fingerprint density at radius 1 is 1.09 bits per heavy atom. The van der Waals surface area contributed by atoms with E-state index in [1.807, 2.05) is 6.92 Å². The van der Waals surface area contributed by atoms with Crippen LogP contribution in [-0.2, 0) is 6.42 Å². The summed E-state index contributed by atoms with van der Waals surface area (Å²) in [5.74, 6) is 0.451. The summed E-state index contributed by atoms with van der Waals surface area (Å²) in [6.45, 7) is 1.90. The molecule has 0 unspecified atom stereocenters. The van der Waals surface area contributed by atoms with Crippen molar-refractivity contribution in [3.05, 3.63) is 65.4 Å². The molecule has 0 fully saturated rings. The lowest BCUT2D eigenvalue weighted by molar-refractivity contribution is 0.0983. The standard InChI is InChI=1S/C18H15NO4/c1-11-2-7-16(21)13(8-11)9-17(22)15-10-18(23-19-15)12-3-5-14(20)6-4-12/h2-8,10,20-21H,9H2,1H3. The van der Waals surface area contributed by atoms with Crippen LogP contribution in [0.4, 0.5) is 0 Å². The molecular weight excluding hydrogens is 294 g/mol. The number of rotatable bonds is 4. The molecule has 116 valence electrons. The van der Waals surface area contributed by atoms with E-state index in [4.69, 9.17) is 4.52 Å². The quantitative estimate of drug-likeness (QED) is 0.721. The third-order valence-electron chi connectivity index (χ3n) is 3.53. The summed E-state index contributed by atoms with van der Waals surface area (Å²) in [5, 5.41) is 22.9. The number of aromatic nitrogens is 1. The summed E-state index contributed by atoms with van der Waals surface area (Å²) in [6.07, 6.45) is 0.0507. The monoisotopic (exact) mass is 309 g/mol. The maximum absolute atomic E-state index is 12.3. The van der Waals surface area contributed by atoms with Gasteiger partial charge in [-0.15, -0.1) is 0 Å². The van der Waals surface area contributed by atoms with Gasteiger partial charge in [0.15, 0.2) is 17.2 Å². The van der Waals surface area contributed by atoms with Crippen molar-refractivity contribution >= 4 is 5.78 Å². The first-order valence-electron chi connectivity index (χ1n) is 7.11. The lowest BCUT2D eigenvalue weighted by Crippen LogP contribution is -2.04. The SMILES string of the molecule is Cc1ccc(O)c(CC(=O)c2cc(-c3ccc(O)cc3)on2)c1. The van der Waals surface area contributed by atoms with E-state index in [1.165, 1.54) is 12.1 Å². The van der Waals surface area contributed by atoms with Crippen LogP contribution >= 0.6 is 0 Å². The molecule has 0 bridgehead atoms. The van der Waals surface area contributed by atoms with Crippen LogP contribution in [0.1, 0.15) is 21.6 Å². The molecule has 0 spiro atoms. The maximum atomic E-state index is 12.3. The molecule has 0 aliphatic rings. The first-order valence-corrected chi connectivity index (χ1v) is 7.11. The number of benzene rings is 2. The van der Waals surface area contributed by atoms with Crippen molar-refractivity contribution < 1.29 is 19.5 Å². The molecular formula is C18H15NO4. The molecule has 23 heavy (non-hydrogen) atoms. The summed E-state index contributed by atoms with van der Waals surface area (Å²) in [6, 6.07) is 13.1.